The van der Waals surface area contributed by atoms with Gasteiger partial charge in [0.25, 0.3) is 0 Å². The van der Waals surface area contributed by atoms with Gasteiger partial charge in [-0.3, -0.25) is 4.90 Å². The third-order valence-corrected chi connectivity index (χ3v) is 2.14. The molecule has 0 aliphatic rings. The number of rotatable bonds is 6. The molecule has 0 bridgehead atoms. The first-order valence-electron chi connectivity index (χ1n) is 4.50. The van der Waals surface area contributed by atoms with Crippen LogP contribution >= 0.6 is 0 Å². The predicted molar refractivity (Wildman–Crippen MR) is 54.1 cm³/mol. The molecule has 1 N–H and O–H groups in total. The lowest BCUT2D eigenvalue weighted by molar-refractivity contribution is 0.271. The summed E-state index contributed by atoms with van der Waals surface area (Å²) in [4.78, 5) is 2.20. The Bertz CT molecular complexity index is 137. The number of nitrogens with one attached hydrogen (secondary N) is 1. The third kappa shape index (κ3) is 5.17. The highest BCUT2D eigenvalue weighted by molar-refractivity contribution is 4.88. The molecule has 0 aliphatic carbocycles. The lowest BCUT2D eigenvalue weighted by atomic mass is 10.1. The van der Waals surface area contributed by atoms with Gasteiger partial charge >= 0.3 is 0 Å². The average Bonchev–Trinajstić information content (AvgIpc) is 2.05. The molecule has 0 aliphatic heterocycles. The van der Waals surface area contributed by atoms with Crippen LogP contribution in [0.3, 0.4) is 0 Å². The standard InChI is InChI=1S/C10H20N2/c1-5-9-12(4)10(2)7-6-8-11-3/h1,10-11H,6-9H2,2-4H3. The van der Waals surface area contributed by atoms with E-state index < -0.39 is 0 Å². The van der Waals surface area contributed by atoms with Crippen LogP contribution in [0.15, 0.2) is 0 Å². The second-order valence-electron chi connectivity index (χ2n) is 3.21. The van der Waals surface area contributed by atoms with Gasteiger partial charge in [-0.1, -0.05) is 5.92 Å². The Kier molecular flexibility index (Phi) is 6.84. The molecule has 0 aromatic carbocycles. The first-order valence-corrected chi connectivity index (χ1v) is 4.50. The van der Waals surface area contributed by atoms with Crippen LogP contribution in [0.4, 0.5) is 0 Å². The van der Waals surface area contributed by atoms with Gasteiger partial charge in [0.2, 0.25) is 0 Å². The number of nitrogens with zero attached hydrogens (tertiary/aromatic N) is 1. The minimum Gasteiger partial charge on any atom is -0.320 e. The third-order valence-electron chi connectivity index (χ3n) is 2.14. The Morgan fingerprint density at radius 1 is 1.58 bits per heavy atom. The summed E-state index contributed by atoms with van der Waals surface area (Å²) in [5.74, 6) is 2.65. The van der Waals surface area contributed by atoms with E-state index in [0.717, 1.165) is 13.1 Å². The van der Waals surface area contributed by atoms with Gasteiger partial charge < -0.3 is 5.32 Å². The predicted octanol–water partition coefficient (Wildman–Crippen LogP) is 0.940. The molecule has 0 aromatic rings. The van der Waals surface area contributed by atoms with Gasteiger partial charge in [0.05, 0.1) is 6.54 Å². The molecule has 0 heterocycles. The van der Waals surface area contributed by atoms with Gasteiger partial charge in [-0.05, 0) is 40.4 Å². The van der Waals surface area contributed by atoms with E-state index in [9.17, 15) is 0 Å². The van der Waals surface area contributed by atoms with Crippen LogP contribution in [0, 0.1) is 12.3 Å². The van der Waals surface area contributed by atoms with E-state index >= 15 is 0 Å². The zero-order valence-electron chi connectivity index (χ0n) is 8.43. The molecule has 0 aromatic heterocycles. The van der Waals surface area contributed by atoms with Crippen molar-refractivity contribution >= 4 is 0 Å². The van der Waals surface area contributed by atoms with E-state index in [0.29, 0.717) is 6.04 Å². The zero-order valence-corrected chi connectivity index (χ0v) is 8.43. The molecule has 0 rings (SSSR count). The summed E-state index contributed by atoms with van der Waals surface area (Å²) in [6, 6.07) is 0.592. The molecule has 0 fully saturated rings. The van der Waals surface area contributed by atoms with Gasteiger partial charge in [0.1, 0.15) is 0 Å². The van der Waals surface area contributed by atoms with Crippen LogP contribution in [-0.4, -0.2) is 38.1 Å². The van der Waals surface area contributed by atoms with Crippen molar-refractivity contribution in [3.8, 4) is 12.3 Å². The van der Waals surface area contributed by atoms with Gasteiger partial charge in [-0.15, -0.1) is 6.42 Å². The number of hydrogen-bond acceptors (Lipinski definition) is 2. The van der Waals surface area contributed by atoms with Crippen molar-refractivity contribution < 1.29 is 0 Å². The Morgan fingerprint density at radius 3 is 2.75 bits per heavy atom. The van der Waals surface area contributed by atoms with E-state index in [1.165, 1.54) is 12.8 Å². The highest BCUT2D eigenvalue weighted by Crippen LogP contribution is 2.02. The van der Waals surface area contributed by atoms with E-state index in [-0.39, 0.29) is 0 Å². The fraction of sp³-hybridized carbons (Fsp3) is 0.800. The van der Waals surface area contributed by atoms with Crippen LogP contribution < -0.4 is 5.32 Å². The molecular formula is C10H20N2. The quantitative estimate of drug-likeness (QED) is 0.469. The van der Waals surface area contributed by atoms with Crippen LogP contribution in [-0.2, 0) is 0 Å². The first-order chi connectivity index (χ1) is 5.72. The summed E-state index contributed by atoms with van der Waals surface area (Å²) >= 11 is 0. The topological polar surface area (TPSA) is 15.3 Å². The molecule has 1 atom stereocenters. The zero-order chi connectivity index (χ0) is 9.40. The highest BCUT2D eigenvalue weighted by Gasteiger charge is 2.05. The fourth-order valence-corrected chi connectivity index (χ4v) is 1.09. The van der Waals surface area contributed by atoms with Crippen molar-refractivity contribution in [2.24, 2.45) is 0 Å². The summed E-state index contributed by atoms with van der Waals surface area (Å²) in [6.45, 7) is 4.06. The molecule has 12 heavy (non-hydrogen) atoms. The van der Waals surface area contributed by atoms with E-state index in [1.807, 2.05) is 7.05 Å². The monoisotopic (exact) mass is 168 g/mol. The minimum atomic E-state index is 0.592. The Morgan fingerprint density at radius 2 is 2.25 bits per heavy atom. The summed E-state index contributed by atoms with van der Waals surface area (Å²) < 4.78 is 0. The number of terminal acetylenes is 1. The molecule has 0 saturated heterocycles. The van der Waals surface area contributed by atoms with E-state index in [1.54, 1.807) is 0 Å². The molecule has 0 spiro atoms. The molecule has 70 valence electrons. The lowest BCUT2D eigenvalue weighted by Gasteiger charge is -2.22. The SMILES string of the molecule is C#CCN(C)C(C)CCCNC. The van der Waals surface area contributed by atoms with Crippen molar-refractivity contribution in [3.05, 3.63) is 0 Å². The Balaban J connectivity index is 3.43. The van der Waals surface area contributed by atoms with Crippen molar-refractivity contribution in [3.63, 3.8) is 0 Å². The molecule has 2 heteroatoms. The molecule has 0 radical (unpaired) electrons. The molecular weight excluding hydrogens is 148 g/mol. The number of hydrogen-bond donors (Lipinski definition) is 1. The van der Waals surface area contributed by atoms with Crippen LogP contribution in [0.25, 0.3) is 0 Å². The smallest absolute Gasteiger partial charge is 0.0598 e. The van der Waals surface area contributed by atoms with Crippen molar-refractivity contribution in [2.45, 2.75) is 25.8 Å². The first kappa shape index (κ1) is 11.5. The minimum absolute atomic E-state index is 0.592. The van der Waals surface area contributed by atoms with Crippen LogP contribution in [0.1, 0.15) is 19.8 Å². The normalized spacial score (nSPS) is 12.9. The Hall–Kier alpha value is -0.520. The summed E-state index contributed by atoms with van der Waals surface area (Å²) in [5.41, 5.74) is 0. The maximum Gasteiger partial charge on any atom is 0.0598 e. The van der Waals surface area contributed by atoms with Gasteiger partial charge in [0.15, 0.2) is 0 Å². The molecule has 0 amide bonds. The van der Waals surface area contributed by atoms with Gasteiger partial charge in [0, 0.05) is 6.04 Å². The summed E-state index contributed by atoms with van der Waals surface area (Å²) in [7, 11) is 4.06. The molecule has 1 unspecified atom stereocenters. The van der Waals surface area contributed by atoms with Gasteiger partial charge in [-0.2, -0.15) is 0 Å². The van der Waals surface area contributed by atoms with Crippen molar-refractivity contribution in [2.75, 3.05) is 27.2 Å². The van der Waals surface area contributed by atoms with Crippen LogP contribution in [0.5, 0.6) is 0 Å². The van der Waals surface area contributed by atoms with Crippen molar-refractivity contribution in [1.29, 1.82) is 0 Å². The van der Waals surface area contributed by atoms with Crippen molar-refractivity contribution in [1.82, 2.24) is 10.2 Å². The second-order valence-corrected chi connectivity index (χ2v) is 3.21. The fourth-order valence-electron chi connectivity index (χ4n) is 1.09. The largest absolute Gasteiger partial charge is 0.320 e. The van der Waals surface area contributed by atoms with Gasteiger partial charge in [-0.25, -0.2) is 0 Å². The molecule has 0 saturated carbocycles. The summed E-state index contributed by atoms with van der Waals surface area (Å²) in [6.07, 6.45) is 7.64. The van der Waals surface area contributed by atoms with E-state index in [2.05, 4.69) is 30.1 Å². The average molecular weight is 168 g/mol. The maximum absolute atomic E-state index is 5.22. The second kappa shape index (κ2) is 7.15. The maximum atomic E-state index is 5.22. The van der Waals surface area contributed by atoms with Crippen LogP contribution in [0.2, 0.25) is 0 Å². The summed E-state index contributed by atoms with van der Waals surface area (Å²) in [5, 5.41) is 3.14. The van der Waals surface area contributed by atoms with E-state index in [4.69, 9.17) is 6.42 Å². The Labute approximate surface area is 76.3 Å². The highest BCUT2D eigenvalue weighted by atomic mass is 15.1. The lowest BCUT2D eigenvalue weighted by Crippen LogP contribution is -2.29. The molecule has 2 nitrogen and oxygen atoms in total.